The predicted molar refractivity (Wildman–Crippen MR) is 124 cm³/mol. The Morgan fingerprint density at radius 2 is 1.97 bits per heavy atom. The molecule has 8 heteroatoms. The minimum atomic E-state index is -0.299. The quantitative estimate of drug-likeness (QED) is 0.645. The summed E-state index contributed by atoms with van der Waals surface area (Å²) >= 11 is 6.37. The highest BCUT2D eigenvalue weighted by molar-refractivity contribution is 6.31. The van der Waals surface area contributed by atoms with Crippen molar-refractivity contribution in [2.24, 2.45) is 0 Å². The maximum Gasteiger partial charge on any atom is 0.262 e. The van der Waals surface area contributed by atoms with E-state index in [0.717, 1.165) is 55.0 Å². The zero-order valence-electron chi connectivity index (χ0n) is 17.8. The lowest BCUT2D eigenvalue weighted by Gasteiger charge is -2.36. The molecule has 2 aromatic carbocycles. The molecule has 166 valence electrons. The number of nitrogens with zero attached hydrogens (tertiary/aromatic N) is 3. The largest absolute Gasteiger partial charge is 0.481 e. The van der Waals surface area contributed by atoms with Crippen LogP contribution in [0.2, 0.25) is 5.02 Å². The van der Waals surface area contributed by atoms with Crippen LogP contribution in [0.3, 0.4) is 0 Å². The summed E-state index contributed by atoms with van der Waals surface area (Å²) < 4.78 is 19.8. The number of carbonyl (C=O) groups excluding carboxylic acids is 1. The SMILES string of the molecule is Cc1ccc2c(N3CCN(CCc4cc5c(cc4F)OCC(=O)N5)CC3)cc(Cl)cc2n1. The highest BCUT2D eigenvalue weighted by Gasteiger charge is 2.22. The number of halogens is 2. The Kier molecular flexibility index (Phi) is 5.61. The van der Waals surface area contributed by atoms with Crippen LogP contribution in [0.15, 0.2) is 36.4 Å². The van der Waals surface area contributed by atoms with E-state index in [1.165, 1.54) is 6.07 Å². The van der Waals surface area contributed by atoms with Gasteiger partial charge in [0.05, 0.1) is 11.2 Å². The second-order valence-corrected chi connectivity index (χ2v) is 8.74. The summed E-state index contributed by atoms with van der Waals surface area (Å²) in [4.78, 5) is 20.8. The van der Waals surface area contributed by atoms with Crippen molar-refractivity contribution in [3.8, 4) is 5.75 Å². The molecule has 0 bridgehead atoms. The summed E-state index contributed by atoms with van der Waals surface area (Å²) in [5, 5.41) is 4.54. The van der Waals surface area contributed by atoms with Gasteiger partial charge in [0.15, 0.2) is 6.61 Å². The van der Waals surface area contributed by atoms with Gasteiger partial charge in [0.2, 0.25) is 0 Å². The first-order valence-electron chi connectivity index (χ1n) is 10.8. The standard InChI is InChI=1S/C24H24ClFN4O2/c1-15-2-3-18-20(27-15)11-17(25)12-22(18)30-8-6-29(7-9-30)5-4-16-10-21-23(13-19(16)26)32-14-24(31)28-21/h2-3,10-13H,4-9,14H2,1H3,(H,28,31). The number of piperazine rings is 1. The highest BCUT2D eigenvalue weighted by Crippen LogP contribution is 2.32. The molecular formula is C24H24ClFN4O2. The number of carbonyl (C=O) groups is 1. The maximum atomic E-state index is 14.5. The number of ether oxygens (including phenoxy) is 1. The van der Waals surface area contributed by atoms with Gasteiger partial charge >= 0.3 is 0 Å². The first kappa shape index (κ1) is 21.0. The van der Waals surface area contributed by atoms with Crippen LogP contribution in [0, 0.1) is 12.7 Å². The number of amides is 1. The molecule has 0 saturated carbocycles. The zero-order chi connectivity index (χ0) is 22.2. The second kappa shape index (κ2) is 8.56. The average molecular weight is 455 g/mol. The van der Waals surface area contributed by atoms with Gasteiger partial charge in [-0.2, -0.15) is 0 Å². The molecule has 0 aliphatic carbocycles. The number of aryl methyl sites for hydroxylation is 1. The molecule has 0 atom stereocenters. The van der Waals surface area contributed by atoms with Crippen LogP contribution in [0.1, 0.15) is 11.3 Å². The summed E-state index contributed by atoms with van der Waals surface area (Å²) in [5.74, 6) is -0.130. The number of hydrogen-bond donors (Lipinski definition) is 1. The molecule has 3 aromatic rings. The lowest BCUT2D eigenvalue weighted by molar-refractivity contribution is -0.118. The second-order valence-electron chi connectivity index (χ2n) is 8.30. The van der Waals surface area contributed by atoms with E-state index >= 15 is 0 Å². The molecule has 2 aliphatic heterocycles. The van der Waals surface area contributed by atoms with Gasteiger partial charge in [0, 0.05) is 60.6 Å². The van der Waals surface area contributed by atoms with Gasteiger partial charge in [-0.25, -0.2) is 4.39 Å². The van der Waals surface area contributed by atoms with Crippen LogP contribution < -0.4 is 15.0 Å². The van der Waals surface area contributed by atoms with Crippen LogP contribution in [0.4, 0.5) is 15.8 Å². The van der Waals surface area contributed by atoms with Gasteiger partial charge in [0.25, 0.3) is 5.91 Å². The lowest BCUT2D eigenvalue weighted by Crippen LogP contribution is -2.47. The number of hydrogen-bond acceptors (Lipinski definition) is 5. The fraction of sp³-hybridized carbons (Fsp3) is 0.333. The number of fused-ring (bicyclic) bond motifs is 2. The van der Waals surface area contributed by atoms with Gasteiger partial charge in [-0.3, -0.25) is 14.7 Å². The smallest absolute Gasteiger partial charge is 0.262 e. The van der Waals surface area contributed by atoms with Crippen LogP contribution >= 0.6 is 11.6 Å². The lowest BCUT2D eigenvalue weighted by atomic mass is 10.1. The van der Waals surface area contributed by atoms with Crippen molar-refractivity contribution in [1.82, 2.24) is 9.88 Å². The summed E-state index contributed by atoms with van der Waals surface area (Å²) in [5.41, 5.74) is 4.11. The molecule has 1 N–H and O–H groups in total. The molecule has 0 spiro atoms. The zero-order valence-corrected chi connectivity index (χ0v) is 18.6. The Labute approximate surface area is 190 Å². The number of pyridine rings is 1. The molecular weight excluding hydrogens is 431 g/mol. The third-order valence-corrected chi connectivity index (χ3v) is 6.30. The third kappa shape index (κ3) is 4.23. The van der Waals surface area contributed by atoms with Crippen LogP contribution in [-0.2, 0) is 11.2 Å². The molecule has 1 aromatic heterocycles. The molecule has 5 rings (SSSR count). The van der Waals surface area contributed by atoms with Crippen LogP contribution in [-0.4, -0.2) is 55.1 Å². The molecule has 6 nitrogen and oxygen atoms in total. The summed E-state index contributed by atoms with van der Waals surface area (Å²) in [6, 6.07) is 11.1. The third-order valence-electron chi connectivity index (χ3n) is 6.08. The Morgan fingerprint density at radius 3 is 2.78 bits per heavy atom. The van der Waals surface area contributed by atoms with E-state index < -0.39 is 0 Å². The van der Waals surface area contributed by atoms with Gasteiger partial charge in [-0.15, -0.1) is 0 Å². The number of aromatic nitrogens is 1. The predicted octanol–water partition coefficient (Wildman–Crippen LogP) is 4.03. The topological polar surface area (TPSA) is 57.7 Å². The molecule has 2 aliphatic rings. The van der Waals surface area contributed by atoms with E-state index in [9.17, 15) is 9.18 Å². The van der Waals surface area contributed by atoms with Crippen molar-refractivity contribution >= 4 is 39.8 Å². The number of benzene rings is 2. The van der Waals surface area contributed by atoms with Gasteiger partial charge in [-0.1, -0.05) is 11.6 Å². The van der Waals surface area contributed by atoms with E-state index in [0.29, 0.717) is 28.4 Å². The Balaban J connectivity index is 1.24. The summed E-state index contributed by atoms with van der Waals surface area (Å²) in [6.45, 7) is 6.12. The molecule has 3 heterocycles. The molecule has 1 amide bonds. The van der Waals surface area contributed by atoms with Gasteiger partial charge in [0.1, 0.15) is 11.6 Å². The minimum Gasteiger partial charge on any atom is -0.481 e. The normalized spacial score (nSPS) is 16.6. The Bertz CT molecular complexity index is 1190. The van der Waals surface area contributed by atoms with E-state index in [1.54, 1.807) is 6.07 Å². The van der Waals surface area contributed by atoms with Crippen LogP contribution in [0.25, 0.3) is 10.9 Å². The van der Waals surface area contributed by atoms with Gasteiger partial charge < -0.3 is 15.0 Å². The van der Waals surface area contributed by atoms with Crippen LogP contribution in [0.5, 0.6) is 5.75 Å². The van der Waals surface area contributed by atoms with E-state index in [4.69, 9.17) is 16.3 Å². The highest BCUT2D eigenvalue weighted by atomic mass is 35.5. The van der Waals surface area contributed by atoms with Crippen molar-refractivity contribution < 1.29 is 13.9 Å². The van der Waals surface area contributed by atoms with Crippen molar-refractivity contribution in [2.45, 2.75) is 13.3 Å². The fourth-order valence-corrected chi connectivity index (χ4v) is 4.58. The van der Waals surface area contributed by atoms with E-state index in [1.807, 2.05) is 25.1 Å². The summed E-state index contributed by atoms with van der Waals surface area (Å²) in [7, 11) is 0. The maximum absolute atomic E-state index is 14.5. The fourth-order valence-electron chi connectivity index (χ4n) is 4.37. The molecule has 0 unspecified atom stereocenters. The molecule has 1 fully saturated rings. The number of rotatable bonds is 4. The van der Waals surface area contributed by atoms with E-state index in [2.05, 4.69) is 26.2 Å². The molecule has 32 heavy (non-hydrogen) atoms. The van der Waals surface area contributed by atoms with Crippen molar-refractivity contribution in [3.63, 3.8) is 0 Å². The summed E-state index contributed by atoms with van der Waals surface area (Å²) in [6.07, 6.45) is 0.568. The monoisotopic (exact) mass is 454 g/mol. The average Bonchev–Trinajstić information content (AvgIpc) is 2.77. The van der Waals surface area contributed by atoms with Crippen molar-refractivity contribution in [2.75, 3.05) is 49.5 Å². The first-order chi connectivity index (χ1) is 15.5. The Morgan fingerprint density at radius 1 is 1.16 bits per heavy atom. The molecule has 1 saturated heterocycles. The van der Waals surface area contributed by atoms with Crippen molar-refractivity contribution in [1.29, 1.82) is 0 Å². The van der Waals surface area contributed by atoms with E-state index in [-0.39, 0.29) is 18.3 Å². The number of anilines is 2. The molecule has 0 radical (unpaired) electrons. The Hall–Kier alpha value is -2.90. The van der Waals surface area contributed by atoms with Crippen molar-refractivity contribution in [3.05, 3.63) is 58.5 Å². The van der Waals surface area contributed by atoms with Gasteiger partial charge in [-0.05, 0) is 49.2 Å². The minimum absolute atomic E-state index is 0.0757. The number of nitrogens with one attached hydrogen (secondary N) is 1. The first-order valence-corrected chi connectivity index (χ1v) is 11.1.